The molecule has 8 atom stereocenters. The lowest BCUT2D eigenvalue weighted by atomic mass is 9.59. The van der Waals surface area contributed by atoms with Gasteiger partial charge in [-0.05, 0) is 37.3 Å². The fourth-order valence-electron chi connectivity index (χ4n) is 10.3. The van der Waals surface area contributed by atoms with Crippen LogP contribution in [0.15, 0.2) is 23.3 Å². The summed E-state index contributed by atoms with van der Waals surface area (Å²) in [5.41, 5.74) is -4.71. The van der Waals surface area contributed by atoms with Crippen LogP contribution in [-0.4, -0.2) is 73.6 Å². The standard InChI is InChI=1S/C36H56O8.C8H16O2/c1-7-8-9-10-11-12-13-14-15-16-17-18-29(39)43-32-24(3)35(42)27(30-33(5,6)36(30,32)44-25(4)38)20-26(22-37)21-34(41)28(35)19-23(2)31(34)40;1-3-5-7(6-4-2)8(9)10/h19-20,24,27-28,30,32,37,41-42H,7-18,21-22H2,1-6H3;7H,3-6H2,1-2H3,(H,9,10)/t24-,27+,28-,30-,32-,34-,35-,36-;/m1./s1. The number of carboxylic acids is 1. The van der Waals surface area contributed by atoms with E-state index in [0.717, 1.165) is 44.9 Å². The average Bonchev–Trinajstić information content (AvgIpc) is 3.53. The van der Waals surface area contributed by atoms with E-state index in [0.29, 0.717) is 17.6 Å². The van der Waals surface area contributed by atoms with Crippen LogP contribution in [0.1, 0.15) is 165 Å². The third-order valence-corrected chi connectivity index (χ3v) is 13.1. The van der Waals surface area contributed by atoms with Crippen molar-refractivity contribution in [1.29, 1.82) is 0 Å². The van der Waals surface area contributed by atoms with Crippen LogP contribution >= 0.6 is 0 Å². The number of carbonyl (C=O) groups excluding carboxylic acids is 3. The number of hydrogen-bond acceptors (Lipinski definition) is 9. The summed E-state index contributed by atoms with van der Waals surface area (Å²) in [6.07, 6.45) is 18.9. The molecular formula is C44H72O10. The SMILES string of the molecule is CCCC(CCC)C(=O)O.CCCCCCCCCCCCCC(=O)O[C@@H]1[C@@H](C)[C@@]2(O)[C@@H](C=C(CO)C[C@]3(O)C(=O)C(C)=C[C@@H]23)[C@@H]2C(C)(C)[C@]12OC(C)=O. The molecule has 4 N–H and O–H groups in total. The Kier molecular flexibility index (Phi) is 16.6. The Morgan fingerprint density at radius 2 is 1.41 bits per heavy atom. The van der Waals surface area contributed by atoms with E-state index in [2.05, 4.69) is 6.92 Å². The van der Waals surface area contributed by atoms with E-state index in [9.17, 15) is 34.5 Å². The molecule has 2 fully saturated rings. The van der Waals surface area contributed by atoms with Crippen molar-refractivity contribution >= 4 is 23.7 Å². The molecule has 0 aromatic rings. The van der Waals surface area contributed by atoms with Crippen molar-refractivity contribution in [2.24, 2.45) is 35.0 Å². The monoisotopic (exact) mass is 761 g/mol. The van der Waals surface area contributed by atoms with Gasteiger partial charge in [-0.1, -0.05) is 131 Å². The van der Waals surface area contributed by atoms with Crippen LogP contribution in [0.4, 0.5) is 0 Å². The number of rotatable bonds is 20. The van der Waals surface area contributed by atoms with Crippen molar-refractivity contribution in [2.75, 3.05) is 6.61 Å². The predicted octanol–water partition coefficient (Wildman–Crippen LogP) is 8.04. The van der Waals surface area contributed by atoms with E-state index >= 15 is 0 Å². The highest BCUT2D eigenvalue weighted by atomic mass is 16.6. The fraction of sp³-hybridized carbons (Fsp3) is 0.818. The summed E-state index contributed by atoms with van der Waals surface area (Å²) in [6, 6.07) is 0. The van der Waals surface area contributed by atoms with Crippen LogP contribution in [0.3, 0.4) is 0 Å². The maximum Gasteiger partial charge on any atom is 0.306 e. The van der Waals surface area contributed by atoms with E-state index in [1.807, 2.05) is 27.7 Å². The zero-order valence-electron chi connectivity index (χ0n) is 34.6. The highest BCUT2D eigenvalue weighted by Gasteiger charge is 2.87. The van der Waals surface area contributed by atoms with Gasteiger partial charge in [0.2, 0.25) is 0 Å². The molecule has 0 heterocycles. The molecule has 10 heteroatoms. The summed E-state index contributed by atoms with van der Waals surface area (Å²) in [5.74, 6) is -5.03. The molecule has 0 aliphatic heterocycles. The molecule has 0 saturated heterocycles. The number of ether oxygens (including phenoxy) is 2. The minimum absolute atomic E-state index is 0.102. The summed E-state index contributed by atoms with van der Waals surface area (Å²) < 4.78 is 12.3. The molecule has 0 bridgehead atoms. The molecule has 4 aliphatic carbocycles. The molecule has 54 heavy (non-hydrogen) atoms. The van der Waals surface area contributed by atoms with Gasteiger partial charge in [-0.2, -0.15) is 0 Å². The van der Waals surface area contributed by atoms with Gasteiger partial charge in [0.25, 0.3) is 0 Å². The van der Waals surface area contributed by atoms with Crippen LogP contribution in [0.25, 0.3) is 0 Å². The van der Waals surface area contributed by atoms with Gasteiger partial charge >= 0.3 is 17.9 Å². The number of aliphatic hydroxyl groups excluding tert-OH is 1. The van der Waals surface area contributed by atoms with Gasteiger partial charge < -0.3 is 29.9 Å². The van der Waals surface area contributed by atoms with Gasteiger partial charge in [-0.25, -0.2) is 0 Å². The van der Waals surface area contributed by atoms with Crippen molar-refractivity contribution in [3.8, 4) is 0 Å². The first-order valence-electron chi connectivity index (χ1n) is 21.1. The second kappa shape index (κ2) is 19.5. The molecule has 10 nitrogen and oxygen atoms in total. The zero-order valence-corrected chi connectivity index (χ0v) is 34.6. The van der Waals surface area contributed by atoms with Crippen molar-refractivity contribution in [3.63, 3.8) is 0 Å². The zero-order chi connectivity index (χ0) is 40.5. The van der Waals surface area contributed by atoms with Crippen molar-refractivity contribution in [3.05, 3.63) is 23.3 Å². The van der Waals surface area contributed by atoms with Gasteiger partial charge in [0, 0.05) is 48.9 Å². The number of unbranched alkanes of at least 4 members (excludes halogenated alkanes) is 10. The number of fused-ring (bicyclic) bond motifs is 5. The summed E-state index contributed by atoms with van der Waals surface area (Å²) in [4.78, 5) is 49.6. The number of hydrogen-bond donors (Lipinski definition) is 4. The minimum atomic E-state index is -1.93. The highest BCUT2D eigenvalue weighted by Crippen LogP contribution is 2.77. The predicted molar refractivity (Wildman–Crippen MR) is 208 cm³/mol. The number of carbonyl (C=O) groups is 4. The van der Waals surface area contributed by atoms with Gasteiger partial charge in [-0.3, -0.25) is 19.2 Å². The Labute approximate surface area is 324 Å². The third kappa shape index (κ3) is 9.34. The Morgan fingerprint density at radius 1 is 0.870 bits per heavy atom. The first kappa shape index (κ1) is 45.8. The summed E-state index contributed by atoms with van der Waals surface area (Å²) in [7, 11) is 0. The maximum absolute atomic E-state index is 13.3. The number of aliphatic carboxylic acids is 1. The molecule has 0 aromatic carbocycles. The normalized spacial score (nSPS) is 31.9. The second-order valence-electron chi connectivity index (χ2n) is 17.3. The molecule has 0 aromatic heterocycles. The highest BCUT2D eigenvalue weighted by molar-refractivity contribution is 6.04. The van der Waals surface area contributed by atoms with Crippen LogP contribution in [-0.2, 0) is 28.7 Å². The molecule has 4 rings (SSSR count). The van der Waals surface area contributed by atoms with Crippen LogP contribution < -0.4 is 0 Å². The molecular weight excluding hydrogens is 688 g/mol. The molecule has 0 unspecified atom stereocenters. The van der Waals surface area contributed by atoms with Gasteiger partial charge in [0.05, 0.1) is 18.1 Å². The quantitative estimate of drug-likeness (QED) is 0.0542. The molecule has 0 amide bonds. The number of ketones is 1. The van der Waals surface area contributed by atoms with Crippen molar-refractivity contribution in [2.45, 2.75) is 187 Å². The lowest BCUT2D eigenvalue weighted by molar-refractivity contribution is -0.228. The molecule has 308 valence electrons. The lowest BCUT2D eigenvalue weighted by Crippen LogP contribution is -2.66. The van der Waals surface area contributed by atoms with E-state index in [1.165, 1.54) is 51.9 Å². The van der Waals surface area contributed by atoms with Gasteiger partial charge in [0.15, 0.2) is 11.4 Å². The fourth-order valence-corrected chi connectivity index (χ4v) is 10.3. The summed E-state index contributed by atoms with van der Waals surface area (Å²) in [5, 5.41) is 43.4. The molecule has 2 saturated carbocycles. The Hall–Kier alpha value is -2.56. The lowest BCUT2D eigenvalue weighted by Gasteiger charge is -2.53. The topological polar surface area (TPSA) is 168 Å². The first-order chi connectivity index (χ1) is 25.4. The van der Waals surface area contributed by atoms with Crippen LogP contribution in [0, 0.1) is 35.0 Å². The Balaban J connectivity index is 0.000000687. The maximum atomic E-state index is 13.3. The van der Waals surface area contributed by atoms with E-state index in [1.54, 1.807) is 26.0 Å². The second-order valence-corrected chi connectivity index (χ2v) is 17.3. The molecule has 0 radical (unpaired) electrons. The third-order valence-electron chi connectivity index (χ3n) is 13.1. The summed E-state index contributed by atoms with van der Waals surface area (Å²) >= 11 is 0. The van der Waals surface area contributed by atoms with E-state index in [4.69, 9.17) is 14.6 Å². The minimum Gasteiger partial charge on any atom is -0.481 e. The van der Waals surface area contributed by atoms with Crippen molar-refractivity contribution < 1.29 is 49.1 Å². The number of aliphatic hydroxyl groups is 3. The summed E-state index contributed by atoms with van der Waals surface area (Å²) in [6.45, 7) is 14.5. The van der Waals surface area contributed by atoms with Gasteiger partial charge in [-0.15, -0.1) is 0 Å². The average molecular weight is 761 g/mol. The Bertz CT molecular complexity index is 1360. The number of esters is 2. The van der Waals surface area contributed by atoms with Crippen molar-refractivity contribution in [1.82, 2.24) is 0 Å². The van der Waals surface area contributed by atoms with Gasteiger partial charge in [0.1, 0.15) is 11.7 Å². The molecule has 0 spiro atoms. The number of Topliss-reactive ketones (excluding diaryl/α,β-unsaturated/α-hetero) is 1. The Morgan fingerprint density at radius 3 is 1.89 bits per heavy atom. The van der Waals surface area contributed by atoms with Crippen LogP contribution in [0.5, 0.6) is 0 Å². The first-order valence-corrected chi connectivity index (χ1v) is 21.1. The van der Waals surface area contributed by atoms with E-state index in [-0.39, 0.29) is 25.4 Å². The smallest absolute Gasteiger partial charge is 0.306 e. The van der Waals surface area contributed by atoms with Crippen LogP contribution in [0.2, 0.25) is 0 Å². The van der Waals surface area contributed by atoms with E-state index < -0.39 is 75.7 Å². The molecule has 4 aliphatic rings. The largest absolute Gasteiger partial charge is 0.481 e. The number of carboxylic acid groups (broad SMARTS) is 1.